The number of aryl methyl sites for hydroxylation is 1. The first kappa shape index (κ1) is 22.5. The molecule has 36 heavy (non-hydrogen) atoms. The van der Waals surface area contributed by atoms with E-state index in [1.54, 1.807) is 18.2 Å². The molecule has 0 unspecified atom stereocenters. The predicted octanol–water partition coefficient (Wildman–Crippen LogP) is 5.51. The fraction of sp³-hybridized carbons (Fsp3) is 0.0357. The van der Waals surface area contributed by atoms with Gasteiger partial charge in [0.25, 0.3) is 5.91 Å². The number of nitrogens with one attached hydrogen (secondary N) is 2. The zero-order valence-corrected chi connectivity index (χ0v) is 19.4. The van der Waals surface area contributed by atoms with Crippen LogP contribution in [0.2, 0.25) is 0 Å². The van der Waals surface area contributed by atoms with Crippen LogP contribution in [0.15, 0.2) is 97.2 Å². The third-order valence-electron chi connectivity index (χ3n) is 5.43. The first-order valence-electron chi connectivity index (χ1n) is 11.2. The van der Waals surface area contributed by atoms with Crippen LogP contribution in [0.5, 0.6) is 0 Å². The molecule has 8 nitrogen and oxygen atoms in total. The van der Waals surface area contributed by atoms with Gasteiger partial charge in [-0.3, -0.25) is 4.79 Å². The van der Waals surface area contributed by atoms with Crippen LogP contribution in [0, 0.1) is 18.3 Å². The van der Waals surface area contributed by atoms with E-state index in [4.69, 9.17) is 0 Å². The molecule has 2 heterocycles. The van der Waals surface area contributed by atoms with E-state index in [9.17, 15) is 10.1 Å². The Morgan fingerprint density at radius 1 is 0.917 bits per heavy atom. The molecular weight excluding hydrogens is 450 g/mol. The van der Waals surface area contributed by atoms with Gasteiger partial charge in [0.2, 0.25) is 0 Å². The maximum absolute atomic E-state index is 13.1. The summed E-state index contributed by atoms with van der Waals surface area (Å²) >= 11 is 0. The van der Waals surface area contributed by atoms with Gasteiger partial charge in [0.15, 0.2) is 5.82 Å². The first-order valence-corrected chi connectivity index (χ1v) is 11.2. The maximum atomic E-state index is 13.1. The molecule has 0 aliphatic heterocycles. The van der Waals surface area contributed by atoms with Crippen molar-refractivity contribution in [2.45, 2.75) is 6.92 Å². The second-order valence-electron chi connectivity index (χ2n) is 7.98. The van der Waals surface area contributed by atoms with Gasteiger partial charge in [0, 0.05) is 22.9 Å². The molecule has 0 saturated heterocycles. The Kier molecular flexibility index (Phi) is 6.19. The molecule has 0 bridgehead atoms. The molecule has 0 fully saturated rings. The Balaban J connectivity index is 1.39. The van der Waals surface area contributed by atoms with Crippen molar-refractivity contribution in [3.05, 3.63) is 114 Å². The summed E-state index contributed by atoms with van der Waals surface area (Å²) in [5.41, 5.74) is 3.90. The molecule has 5 rings (SSSR count). The summed E-state index contributed by atoms with van der Waals surface area (Å²) in [5, 5.41) is 19.9. The van der Waals surface area contributed by atoms with Gasteiger partial charge < -0.3 is 10.6 Å². The van der Waals surface area contributed by atoms with Gasteiger partial charge in [-0.1, -0.05) is 54.6 Å². The van der Waals surface area contributed by atoms with Crippen molar-refractivity contribution in [3.63, 3.8) is 0 Å². The van der Waals surface area contributed by atoms with Gasteiger partial charge in [0.05, 0.1) is 17.6 Å². The number of hydrogen-bond acceptors (Lipinski definition) is 6. The van der Waals surface area contributed by atoms with E-state index in [2.05, 4.69) is 31.8 Å². The molecule has 2 aromatic heterocycles. The fourth-order valence-electron chi connectivity index (χ4n) is 3.77. The minimum atomic E-state index is -0.364. The van der Waals surface area contributed by atoms with Crippen molar-refractivity contribution in [1.82, 2.24) is 19.7 Å². The van der Waals surface area contributed by atoms with E-state index in [1.807, 2.05) is 79.7 Å². The number of hydrogen-bond donors (Lipinski definition) is 2. The lowest BCUT2D eigenvalue weighted by Gasteiger charge is -2.12. The van der Waals surface area contributed by atoms with Crippen molar-refractivity contribution in [3.8, 4) is 23.0 Å². The van der Waals surface area contributed by atoms with Crippen molar-refractivity contribution in [2.24, 2.45) is 0 Å². The standard InChI is InChI=1S/C28H21N7O/c1-19-31-25(20-9-4-2-5-10-20)16-26(32-19)33-23-12-8-11-21(15-23)28(36)34-27-22(17-29)18-30-35(27)24-13-6-3-7-14-24/h2-16,18H,1H3,(H,34,36)(H,31,32,33). The Labute approximate surface area is 207 Å². The topological polar surface area (TPSA) is 109 Å². The molecule has 3 aromatic carbocycles. The highest BCUT2D eigenvalue weighted by molar-refractivity contribution is 6.05. The third-order valence-corrected chi connectivity index (χ3v) is 5.43. The molecule has 0 radical (unpaired) electrons. The van der Waals surface area contributed by atoms with E-state index in [0.29, 0.717) is 28.7 Å². The van der Waals surface area contributed by atoms with Gasteiger partial charge >= 0.3 is 0 Å². The van der Waals surface area contributed by atoms with Crippen LogP contribution in [-0.4, -0.2) is 25.7 Å². The van der Waals surface area contributed by atoms with E-state index >= 15 is 0 Å². The second-order valence-corrected chi connectivity index (χ2v) is 7.98. The quantitative estimate of drug-likeness (QED) is 0.338. The highest BCUT2D eigenvalue weighted by Crippen LogP contribution is 2.24. The highest BCUT2D eigenvalue weighted by Gasteiger charge is 2.16. The van der Waals surface area contributed by atoms with Gasteiger partial charge in [0.1, 0.15) is 23.3 Å². The number of anilines is 3. The fourth-order valence-corrected chi connectivity index (χ4v) is 3.77. The molecule has 0 spiro atoms. The summed E-state index contributed by atoms with van der Waals surface area (Å²) in [6.07, 6.45) is 1.43. The van der Waals surface area contributed by atoms with Gasteiger partial charge in [-0.05, 0) is 37.3 Å². The van der Waals surface area contributed by atoms with Crippen molar-refractivity contribution >= 4 is 23.2 Å². The normalized spacial score (nSPS) is 10.4. The van der Waals surface area contributed by atoms with Crippen LogP contribution in [-0.2, 0) is 0 Å². The molecule has 0 saturated carbocycles. The number of nitrogens with zero attached hydrogens (tertiary/aromatic N) is 5. The number of rotatable bonds is 6. The van der Waals surface area contributed by atoms with Crippen LogP contribution >= 0.6 is 0 Å². The number of carbonyl (C=O) groups is 1. The lowest BCUT2D eigenvalue weighted by Crippen LogP contribution is -2.16. The SMILES string of the molecule is Cc1nc(Nc2cccc(C(=O)Nc3c(C#N)cnn3-c3ccccc3)c2)cc(-c2ccccc2)n1. The highest BCUT2D eigenvalue weighted by atomic mass is 16.1. The Morgan fingerprint density at radius 3 is 2.42 bits per heavy atom. The molecule has 1 amide bonds. The predicted molar refractivity (Wildman–Crippen MR) is 138 cm³/mol. The summed E-state index contributed by atoms with van der Waals surface area (Å²) in [5.74, 6) is 1.20. The average molecular weight is 472 g/mol. The lowest BCUT2D eigenvalue weighted by atomic mass is 10.1. The second kappa shape index (κ2) is 9.91. The molecule has 5 aromatic rings. The zero-order valence-electron chi connectivity index (χ0n) is 19.4. The largest absolute Gasteiger partial charge is 0.340 e. The Hall–Kier alpha value is -5.29. The van der Waals surface area contributed by atoms with Gasteiger partial charge in [-0.15, -0.1) is 0 Å². The molecule has 174 valence electrons. The van der Waals surface area contributed by atoms with Crippen LogP contribution in [0.3, 0.4) is 0 Å². The van der Waals surface area contributed by atoms with Gasteiger partial charge in [-0.25, -0.2) is 14.6 Å². The number of benzene rings is 3. The Morgan fingerprint density at radius 2 is 1.67 bits per heavy atom. The number of nitriles is 1. The van der Waals surface area contributed by atoms with Crippen molar-refractivity contribution < 1.29 is 4.79 Å². The smallest absolute Gasteiger partial charge is 0.256 e. The lowest BCUT2D eigenvalue weighted by molar-refractivity contribution is 0.102. The van der Waals surface area contributed by atoms with Gasteiger partial charge in [-0.2, -0.15) is 10.4 Å². The van der Waals surface area contributed by atoms with E-state index < -0.39 is 0 Å². The Bertz CT molecular complexity index is 1570. The van der Waals surface area contributed by atoms with E-state index in [0.717, 1.165) is 16.9 Å². The monoisotopic (exact) mass is 471 g/mol. The number of para-hydroxylation sites is 1. The molecule has 0 aliphatic carbocycles. The summed E-state index contributed by atoms with van der Waals surface area (Å²) in [6, 6.07) is 30.2. The average Bonchev–Trinajstić information content (AvgIpc) is 3.32. The molecule has 2 N–H and O–H groups in total. The summed E-state index contributed by atoms with van der Waals surface area (Å²) < 4.78 is 1.54. The van der Waals surface area contributed by atoms with Crippen molar-refractivity contribution in [2.75, 3.05) is 10.6 Å². The summed E-state index contributed by atoms with van der Waals surface area (Å²) in [7, 11) is 0. The number of amides is 1. The van der Waals surface area contributed by atoms with Crippen LogP contribution in [0.4, 0.5) is 17.3 Å². The molecule has 8 heteroatoms. The number of carbonyl (C=O) groups excluding carboxylic acids is 1. The maximum Gasteiger partial charge on any atom is 0.256 e. The van der Waals surface area contributed by atoms with Crippen LogP contribution < -0.4 is 10.6 Å². The minimum Gasteiger partial charge on any atom is -0.340 e. The van der Waals surface area contributed by atoms with Crippen LogP contribution in [0.25, 0.3) is 16.9 Å². The minimum absolute atomic E-state index is 0.270. The zero-order chi connectivity index (χ0) is 24.9. The summed E-state index contributed by atoms with van der Waals surface area (Å²) in [6.45, 7) is 1.84. The van der Waals surface area contributed by atoms with E-state index in [-0.39, 0.29) is 11.5 Å². The molecular formula is C28H21N7O. The third kappa shape index (κ3) is 4.81. The first-order chi connectivity index (χ1) is 17.6. The van der Waals surface area contributed by atoms with Crippen molar-refractivity contribution in [1.29, 1.82) is 5.26 Å². The van der Waals surface area contributed by atoms with E-state index in [1.165, 1.54) is 10.9 Å². The summed E-state index contributed by atoms with van der Waals surface area (Å²) in [4.78, 5) is 22.2. The molecule has 0 aliphatic rings. The number of aromatic nitrogens is 4. The van der Waals surface area contributed by atoms with Crippen LogP contribution in [0.1, 0.15) is 21.7 Å². The molecule has 0 atom stereocenters.